The molecule has 0 aromatic heterocycles. The Balaban J connectivity index is 1.25. The highest BCUT2D eigenvalue weighted by molar-refractivity contribution is 6.08. The molecule has 2 saturated heterocycles. The van der Waals surface area contributed by atoms with Gasteiger partial charge in [0, 0.05) is 49.5 Å². The monoisotopic (exact) mass is 521 g/mol. The standard InChI is InChI=1S/C28H35N5O5/c1-2-3-17-37-25(34)20-32-15-13-31(14-16-32)18-24-19-33(28(36)38-24)23-11-9-21(10-12-23)26(29)30-27(35)22-7-5-4-6-8-22/h4-12,24H,2-3,13-20H2,1H3,(H2,29,30,35). The molecule has 0 saturated carbocycles. The number of hydrogen-bond donors (Lipinski definition) is 1. The molecule has 38 heavy (non-hydrogen) atoms. The number of hydrogen-bond acceptors (Lipinski definition) is 7. The van der Waals surface area contributed by atoms with E-state index in [1.54, 1.807) is 53.4 Å². The minimum Gasteiger partial charge on any atom is -0.465 e. The average molecular weight is 522 g/mol. The Kier molecular flexibility index (Phi) is 9.45. The zero-order valence-corrected chi connectivity index (χ0v) is 21.8. The zero-order valence-electron chi connectivity index (χ0n) is 21.8. The number of carbonyl (C=O) groups excluding carboxylic acids is 3. The number of piperazine rings is 1. The summed E-state index contributed by atoms with van der Waals surface area (Å²) in [7, 11) is 0. The Bertz CT molecular complexity index is 1130. The Hall–Kier alpha value is -3.76. The molecule has 2 aliphatic heterocycles. The molecule has 2 aliphatic rings. The fraction of sp³-hybridized carbons (Fsp3) is 0.429. The average Bonchev–Trinajstić information content (AvgIpc) is 3.30. The molecule has 2 amide bonds. The quantitative estimate of drug-likeness (QED) is 0.219. The summed E-state index contributed by atoms with van der Waals surface area (Å²) in [6.45, 7) is 7.07. The maximum Gasteiger partial charge on any atom is 0.414 e. The van der Waals surface area contributed by atoms with Crippen molar-refractivity contribution in [2.45, 2.75) is 25.9 Å². The van der Waals surface area contributed by atoms with Gasteiger partial charge in [-0.2, -0.15) is 4.99 Å². The molecule has 2 fully saturated rings. The van der Waals surface area contributed by atoms with Crippen molar-refractivity contribution in [2.75, 3.05) is 57.3 Å². The number of anilines is 1. The highest BCUT2D eigenvalue weighted by Gasteiger charge is 2.34. The number of benzene rings is 2. The summed E-state index contributed by atoms with van der Waals surface area (Å²) in [4.78, 5) is 46.7. The second kappa shape index (κ2) is 13.2. The zero-order chi connectivity index (χ0) is 26.9. The molecule has 2 heterocycles. The van der Waals surface area contributed by atoms with Crippen molar-refractivity contribution < 1.29 is 23.9 Å². The summed E-state index contributed by atoms with van der Waals surface area (Å²) < 4.78 is 10.9. The van der Waals surface area contributed by atoms with Gasteiger partial charge in [-0.1, -0.05) is 31.5 Å². The summed E-state index contributed by atoms with van der Waals surface area (Å²) >= 11 is 0. The number of amidine groups is 1. The first-order valence-corrected chi connectivity index (χ1v) is 13.1. The van der Waals surface area contributed by atoms with Gasteiger partial charge in [0.25, 0.3) is 5.91 Å². The number of nitrogens with zero attached hydrogens (tertiary/aromatic N) is 4. The molecule has 202 valence electrons. The van der Waals surface area contributed by atoms with Crippen molar-refractivity contribution in [1.29, 1.82) is 0 Å². The number of nitrogens with two attached hydrogens (primary N) is 1. The van der Waals surface area contributed by atoms with E-state index in [9.17, 15) is 14.4 Å². The van der Waals surface area contributed by atoms with Crippen LogP contribution in [-0.4, -0.2) is 92.1 Å². The molecule has 2 N–H and O–H groups in total. The van der Waals surface area contributed by atoms with Gasteiger partial charge in [0.15, 0.2) is 0 Å². The third-order valence-electron chi connectivity index (χ3n) is 6.63. The van der Waals surface area contributed by atoms with Crippen molar-refractivity contribution in [3.63, 3.8) is 0 Å². The smallest absolute Gasteiger partial charge is 0.414 e. The maximum atomic E-state index is 12.6. The van der Waals surface area contributed by atoms with E-state index in [1.807, 2.05) is 6.07 Å². The predicted octanol–water partition coefficient (Wildman–Crippen LogP) is 2.52. The maximum absolute atomic E-state index is 12.6. The molecule has 4 rings (SSSR count). The van der Waals surface area contributed by atoms with E-state index in [1.165, 1.54) is 0 Å². The molecule has 0 aliphatic carbocycles. The van der Waals surface area contributed by atoms with Gasteiger partial charge in [-0.05, 0) is 42.8 Å². The number of ether oxygens (including phenoxy) is 2. The highest BCUT2D eigenvalue weighted by Crippen LogP contribution is 2.23. The summed E-state index contributed by atoms with van der Waals surface area (Å²) in [5.74, 6) is -0.472. The summed E-state index contributed by atoms with van der Waals surface area (Å²) in [5, 5.41) is 0. The number of amides is 2. The van der Waals surface area contributed by atoms with Crippen LogP contribution in [0.5, 0.6) is 0 Å². The molecule has 0 spiro atoms. The summed E-state index contributed by atoms with van der Waals surface area (Å²) in [5.41, 5.74) is 7.79. The van der Waals surface area contributed by atoms with Crippen LogP contribution in [0.25, 0.3) is 0 Å². The van der Waals surface area contributed by atoms with Crippen LogP contribution in [0, 0.1) is 0 Å². The molecule has 2 aromatic carbocycles. The molecular formula is C28H35N5O5. The second-order valence-electron chi connectivity index (χ2n) is 9.48. The van der Waals surface area contributed by atoms with E-state index in [2.05, 4.69) is 21.7 Å². The van der Waals surface area contributed by atoms with Crippen molar-refractivity contribution in [3.8, 4) is 0 Å². The molecule has 0 radical (unpaired) electrons. The number of esters is 1. The first-order chi connectivity index (χ1) is 18.4. The molecule has 1 unspecified atom stereocenters. The third-order valence-corrected chi connectivity index (χ3v) is 6.63. The van der Waals surface area contributed by atoms with Crippen LogP contribution in [0.1, 0.15) is 35.7 Å². The van der Waals surface area contributed by atoms with Gasteiger partial charge in [-0.3, -0.25) is 24.3 Å². The van der Waals surface area contributed by atoms with E-state index in [0.717, 1.165) is 39.0 Å². The largest absolute Gasteiger partial charge is 0.465 e. The Morgan fingerprint density at radius 2 is 1.68 bits per heavy atom. The first-order valence-electron chi connectivity index (χ1n) is 13.1. The van der Waals surface area contributed by atoms with Crippen molar-refractivity contribution in [2.24, 2.45) is 10.7 Å². The van der Waals surface area contributed by atoms with Crippen molar-refractivity contribution in [3.05, 3.63) is 65.7 Å². The van der Waals surface area contributed by atoms with Crippen molar-refractivity contribution in [1.82, 2.24) is 9.80 Å². The number of rotatable bonds is 10. The van der Waals surface area contributed by atoms with E-state index >= 15 is 0 Å². The number of unbranched alkanes of at least 4 members (excludes halogenated alkanes) is 1. The molecule has 0 bridgehead atoms. The minimum atomic E-state index is -0.411. The lowest BCUT2D eigenvalue weighted by Gasteiger charge is -2.34. The normalized spacial score (nSPS) is 18.9. The van der Waals surface area contributed by atoms with Gasteiger partial charge < -0.3 is 15.2 Å². The van der Waals surface area contributed by atoms with Crippen LogP contribution in [0.2, 0.25) is 0 Å². The molecule has 1 atom stereocenters. The Labute approximate surface area is 223 Å². The van der Waals surface area contributed by atoms with Gasteiger partial charge in [-0.25, -0.2) is 4.79 Å². The third kappa shape index (κ3) is 7.39. The topological polar surface area (TPSA) is 118 Å². The van der Waals surface area contributed by atoms with Crippen LogP contribution < -0.4 is 10.6 Å². The minimum absolute atomic E-state index is 0.112. The van der Waals surface area contributed by atoms with Gasteiger partial charge in [0.1, 0.15) is 11.9 Å². The van der Waals surface area contributed by atoms with Crippen LogP contribution in [-0.2, 0) is 14.3 Å². The Morgan fingerprint density at radius 3 is 2.37 bits per heavy atom. The van der Waals surface area contributed by atoms with Crippen LogP contribution >= 0.6 is 0 Å². The van der Waals surface area contributed by atoms with Crippen LogP contribution in [0.4, 0.5) is 10.5 Å². The lowest BCUT2D eigenvalue weighted by molar-refractivity contribution is -0.145. The summed E-state index contributed by atoms with van der Waals surface area (Å²) in [6, 6.07) is 15.7. The van der Waals surface area contributed by atoms with Gasteiger partial charge in [0.05, 0.1) is 19.7 Å². The SMILES string of the molecule is CCCCOC(=O)CN1CCN(CC2CN(c3ccc(C(N)=NC(=O)c4ccccc4)cc3)C(=O)O2)CC1. The Morgan fingerprint density at radius 1 is 1.00 bits per heavy atom. The van der Waals surface area contributed by atoms with E-state index in [4.69, 9.17) is 15.2 Å². The van der Waals surface area contributed by atoms with E-state index in [-0.39, 0.29) is 17.9 Å². The lowest BCUT2D eigenvalue weighted by Crippen LogP contribution is -2.50. The predicted molar refractivity (Wildman–Crippen MR) is 144 cm³/mol. The van der Waals surface area contributed by atoms with Gasteiger partial charge >= 0.3 is 12.1 Å². The highest BCUT2D eigenvalue weighted by atomic mass is 16.6. The van der Waals surface area contributed by atoms with Crippen molar-refractivity contribution >= 4 is 29.5 Å². The van der Waals surface area contributed by atoms with Crippen LogP contribution in [0.15, 0.2) is 59.6 Å². The second-order valence-corrected chi connectivity index (χ2v) is 9.48. The first kappa shape index (κ1) is 27.3. The van der Waals surface area contributed by atoms with E-state index < -0.39 is 12.0 Å². The van der Waals surface area contributed by atoms with Crippen LogP contribution in [0.3, 0.4) is 0 Å². The lowest BCUT2D eigenvalue weighted by atomic mass is 10.1. The van der Waals surface area contributed by atoms with Gasteiger partial charge in [-0.15, -0.1) is 0 Å². The molecular weight excluding hydrogens is 486 g/mol. The molecule has 10 heteroatoms. The molecule has 10 nitrogen and oxygen atoms in total. The fourth-order valence-corrected chi connectivity index (χ4v) is 4.44. The number of aliphatic imine (C=N–C) groups is 1. The van der Waals surface area contributed by atoms with E-state index in [0.29, 0.717) is 43.1 Å². The number of cyclic esters (lactones) is 1. The summed E-state index contributed by atoms with van der Waals surface area (Å²) in [6.07, 6.45) is 1.25. The molecule has 2 aromatic rings. The fourth-order valence-electron chi connectivity index (χ4n) is 4.44. The number of carbonyl (C=O) groups is 3. The van der Waals surface area contributed by atoms with Gasteiger partial charge in [0.2, 0.25) is 0 Å².